The minimum Gasteiger partial charge on any atom is -0.497 e. The van der Waals surface area contributed by atoms with Crippen molar-refractivity contribution in [2.45, 2.75) is 24.8 Å². The third-order valence-corrected chi connectivity index (χ3v) is 6.08. The lowest BCUT2D eigenvalue weighted by Crippen LogP contribution is -2.45. The van der Waals surface area contributed by atoms with Crippen molar-refractivity contribution in [2.24, 2.45) is 4.99 Å². The Morgan fingerprint density at radius 1 is 1.31 bits per heavy atom. The number of aliphatic imine (C=N–C) groups is 1. The largest absolute Gasteiger partial charge is 0.497 e. The SMILES string of the molecule is CCN1C(=O)CC(C(=O)Nc2cccc(OC)c2)SC1=Nc1ccc(Cl)c(C(F)(F)F)c1. The molecule has 1 N–H and O–H groups in total. The number of hydrogen-bond acceptors (Lipinski definition) is 5. The van der Waals surface area contributed by atoms with E-state index in [0.717, 1.165) is 23.9 Å². The number of benzene rings is 2. The van der Waals surface area contributed by atoms with Crippen molar-refractivity contribution in [3.8, 4) is 5.75 Å². The van der Waals surface area contributed by atoms with E-state index < -0.39 is 27.9 Å². The highest BCUT2D eigenvalue weighted by atomic mass is 35.5. The van der Waals surface area contributed by atoms with Crippen molar-refractivity contribution < 1.29 is 27.5 Å². The van der Waals surface area contributed by atoms with Crippen LogP contribution in [-0.2, 0) is 15.8 Å². The van der Waals surface area contributed by atoms with Crippen LogP contribution in [0, 0.1) is 0 Å². The smallest absolute Gasteiger partial charge is 0.417 e. The molecule has 2 amide bonds. The van der Waals surface area contributed by atoms with E-state index in [1.807, 2.05) is 0 Å². The maximum atomic E-state index is 13.2. The highest BCUT2D eigenvalue weighted by Gasteiger charge is 2.36. The molecule has 1 saturated heterocycles. The number of nitrogens with zero attached hydrogens (tertiary/aromatic N) is 2. The van der Waals surface area contributed by atoms with E-state index in [2.05, 4.69) is 10.3 Å². The second-order valence-electron chi connectivity index (χ2n) is 6.73. The molecule has 2 aromatic rings. The van der Waals surface area contributed by atoms with Gasteiger partial charge in [-0.05, 0) is 37.3 Å². The van der Waals surface area contributed by atoms with Gasteiger partial charge in [0.1, 0.15) is 11.0 Å². The van der Waals surface area contributed by atoms with Gasteiger partial charge in [-0.2, -0.15) is 13.2 Å². The van der Waals surface area contributed by atoms with Crippen LogP contribution in [0.5, 0.6) is 5.75 Å². The molecule has 0 radical (unpaired) electrons. The molecule has 32 heavy (non-hydrogen) atoms. The molecule has 0 aromatic heterocycles. The van der Waals surface area contributed by atoms with Gasteiger partial charge in [0, 0.05) is 24.7 Å². The molecule has 1 aliphatic rings. The van der Waals surface area contributed by atoms with Crippen molar-refractivity contribution in [1.29, 1.82) is 0 Å². The van der Waals surface area contributed by atoms with E-state index in [1.54, 1.807) is 31.2 Å². The van der Waals surface area contributed by atoms with Gasteiger partial charge in [-0.15, -0.1) is 0 Å². The van der Waals surface area contributed by atoms with Gasteiger partial charge in [-0.25, -0.2) is 4.99 Å². The number of ether oxygens (including phenoxy) is 1. The second kappa shape index (κ2) is 9.83. The zero-order valence-corrected chi connectivity index (χ0v) is 18.6. The fourth-order valence-electron chi connectivity index (χ4n) is 2.99. The van der Waals surface area contributed by atoms with Crippen molar-refractivity contribution in [2.75, 3.05) is 19.0 Å². The number of nitrogens with one attached hydrogen (secondary N) is 1. The first kappa shape index (κ1) is 23.9. The summed E-state index contributed by atoms with van der Waals surface area (Å²) in [6.07, 6.45) is -4.71. The number of alkyl halides is 3. The molecule has 11 heteroatoms. The lowest BCUT2D eigenvalue weighted by molar-refractivity contribution is -0.137. The van der Waals surface area contributed by atoms with Gasteiger partial charge in [-0.3, -0.25) is 14.5 Å². The average Bonchev–Trinajstić information content (AvgIpc) is 2.74. The number of methoxy groups -OCH3 is 1. The van der Waals surface area contributed by atoms with E-state index in [9.17, 15) is 22.8 Å². The van der Waals surface area contributed by atoms with Crippen LogP contribution in [0.1, 0.15) is 18.9 Å². The molecule has 0 spiro atoms. The molecular weight excluding hydrogens is 467 g/mol. The number of carbonyl (C=O) groups is 2. The first-order valence-electron chi connectivity index (χ1n) is 9.49. The van der Waals surface area contributed by atoms with Crippen molar-refractivity contribution >= 4 is 51.7 Å². The fraction of sp³-hybridized carbons (Fsp3) is 0.286. The van der Waals surface area contributed by atoms with Crippen molar-refractivity contribution in [3.05, 3.63) is 53.1 Å². The Hall–Kier alpha value is -2.72. The van der Waals surface area contributed by atoms with Crippen LogP contribution in [0.3, 0.4) is 0 Å². The molecule has 6 nitrogen and oxygen atoms in total. The molecule has 1 unspecified atom stereocenters. The maximum absolute atomic E-state index is 13.2. The summed E-state index contributed by atoms with van der Waals surface area (Å²) in [5, 5.41) is 1.62. The van der Waals surface area contributed by atoms with Gasteiger partial charge in [-0.1, -0.05) is 29.4 Å². The van der Waals surface area contributed by atoms with Gasteiger partial charge in [0.2, 0.25) is 11.8 Å². The minimum absolute atomic E-state index is 0.0238. The zero-order chi connectivity index (χ0) is 23.5. The van der Waals surface area contributed by atoms with Crippen LogP contribution in [-0.4, -0.2) is 40.8 Å². The average molecular weight is 486 g/mol. The molecule has 2 aromatic carbocycles. The van der Waals surface area contributed by atoms with Crippen molar-refractivity contribution in [3.63, 3.8) is 0 Å². The van der Waals surface area contributed by atoms with Crippen LogP contribution in [0.4, 0.5) is 24.5 Å². The van der Waals surface area contributed by atoms with E-state index in [0.29, 0.717) is 11.4 Å². The van der Waals surface area contributed by atoms with E-state index in [4.69, 9.17) is 16.3 Å². The van der Waals surface area contributed by atoms with Gasteiger partial charge < -0.3 is 10.1 Å². The molecule has 1 heterocycles. The summed E-state index contributed by atoms with van der Waals surface area (Å²) < 4.78 is 44.7. The number of hydrogen-bond donors (Lipinski definition) is 1. The second-order valence-corrected chi connectivity index (χ2v) is 8.30. The van der Waals surface area contributed by atoms with E-state index in [1.165, 1.54) is 18.1 Å². The lowest BCUT2D eigenvalue weighted by atomic mass is 10.2. The van der Waals surface area contributed by atoms with Gasteiger partial charge in [0.25, 0.3) is 0 Å². The summed E-state index contributed by atoms with van der Waals surface area (Å²) in [4.78, 5) is 30.9. The van der Waals surface area contributed by atoms with Crippen LogP contribution in [0.2, 0.25) is 5.02 Å². The van der Waals surface area contributed by atoms with Crippen LogP contribution in [0.15, 0.2) is 47.5 Å². The molecule has 0 bridgehead atoms. The number of amides is 2. The first-order valence-corrected chi connectivity index (χ1v) is 10.8. The summed E-state index contributed by atoms with van der Waals surface area (Å²) in [5.74, 6) is -0.217. The monoisotopic (exact) mass is 485 g/mol. The van der Waals surface area contributed by atoms with E-state index >= 15 is 0 Å². The number of amidine groups is 1. The standard InChI is InChI=1S/C21H19ClF3N3O3S/c1-3-28-18(29)11-17(19(30)26-12-5-4-6-14(9-12)31-2)32-20(28)27-13-7-8-16(22)15(10-13)21(23,24)25/h4-10,17H,3,11H2,1-2H3,(H,26,30). The Labute approximate surface area is 191 Å². The summed E-state index contributed by atoms with van der Waals surface area (Å²) in [5.41, 5.74) is -0.556. The summed E-state index contributed by atoms with van der Waals surface area (Å²) >= 11 is 6.68. The van der Waals surface area contributed by atoms with Gasteiger partial charge >= 0.3 is 6.18 Å². The van der Waals surface area contributed by atoms with Crippen LogP contribution in [0.25, 0.3) is 0 Å². The fourth-order valence-corrected chi connectivity index (χ4v) is 4.37. The van der Waals surface area contributed by atoms with Crippen LogP contribution >= 0.6 is 23.4 Å². The Bertz CT molecular complexity index is 1060. The molecule has 1 aliphatic heterocycles. The van der Waals surface area contributed by atoms with Crippen LogP contribution < -0.4 is 10.1 Å². The Morgan fingerprint density at radius 2 is 2.06 bits per heavy atom. The molecule has 0 aliphatic carbocycles. The predicted molar refractivity (Wildman–Crippen MR) is 119 cm³/mol. The summed E-state index contributed by atoms with van der Waals surface area (Å²) in [7, 11) is 1.50. The molecule has 1 atom stereocenters. The summed E-state index contributed by atoms with van der Waals surface area (Å²) in [6.45, 7) is 1.97. The Morgan fingerprint density at radius 3 is 2.72 bits per heavy atom. The summed E-state index contributed by atoms with van der Waals surface area (Å²) in [6, 6.07) is 9.97. The number of carbonyl (C=O) groups excluding carboxylic acids is 2. The molecule has 170 valence electrons. The third kappa shape index (κ3) is 5.55. The number of rotatable bonds is 5. The topological polar surface area (TPSA) is 71.0 Å². The predicted octanol–water partition coefficient (Wildman–Crippen LogP) is 5.35. The lowest BCUT2D eigenvalue weighted by Gasteiger charge is -2.31. The Balaban J connectivity index is 1.87. The number of anilines is 1. The molecule has 3 rings (SSSR count). The zero-order valence-electron chi connectivity index (χ0n) is 17.1. The molecule has 1 fully saturated rings. The number of thioether (sulfide) groups is 1. The highest BCUT2D eigenvalue weighted by Crippen LogP contribution is 2.38. The van der Waals surface area contributed by atoms with Crippen molar-refractivity contribution in [1.82, 2.24) is 4.90 Å². The Kier molecular flexibility index (Phi) is 7.35. The number of halogens is 4. The van der Waals surface area contributed by atoms with Gasteiger partial charge in [0.15, 0.2) is 5.17 Å². The highest BCUT2D eigenvalue weighted by molar-refractivity contribution is 8.15. The van der Waals surface area contributed by atoms with E-state index in [-0.39, 0.29) is 29.7 Å². The molecule has 0 saturated carbocycles. The van der Waals surface area contributed by atoms with Gasteiger partial charge in [0.05, 0.1) is 23.4 Å². The quantitative estimate of drug-likeness (QED) is 0.620. The minimum atomic E-state index is -4.65. The first-order chi connectivity index (χ1) is 15.1. The normalized spacial score (nSPS) is 18.1. The maximum Gasteiger partial charge on any atom is 0.417 e. The third-order valence-electron chi connectivity index (χ3n) is 4.57. The molecular formula is C21H19ClF3N3O3S.